The van der Waals surface area contributed by atoms with Crippen molar-refractivity contribution in [3.63, 3.8) is 0 Å². The zero-order chi connectivity index (χ0) is 15.5. The van der Waals surface area contributed by atoms with Crippen LogP contribution in [-0.4, -0.2) is 16.2 Å². The molecule has 4 heteroatoms. The van der Waals surface area contributed by atoms with E-state index in [0.717, 1.165) is 11.3 Å². The molecule has 112 valence electrons. The predicted octanol–water partition coefficient (Wildman–Crippen LogP) is 3.09. The number of rotatable bonds is 4. The SMILES string of the molecule is Cc1cc(C)cc(OCCn2cnc3ccccc3c2=O)c1. The largest absolute Gasteiger partial charge is 0.492 e. The van der Waals surface area contributed by atoms with Crippen LogP contribution in [0.3, 0.4) is 0 Å². The van der Waals surface area contributed by atoms with Crippen LogP contribution in [0.15, 0.2) is 53.6 Å². The highest BCUT2D eigenvalue weighted by molar-refractivity contribution is 5.76. The zero-order valence-electron chi connectivity index (χ0n) is 12.7. The number of aryl methyl sites for hydroxylation is 2. The van der Waals surface area contributed by atoms with Crippen molar-refractivity contribution in [1.82, 2.24) is 9.55 Å². The lowest BCUT2D eigenvalue weighted by Crippen LogP contribution is -2.23. The summed E-state index contributed by atoms with van der Waals surface area (Å²) in [6, 6.07) is 13.5. The predicted molar refractivity (Wildman–Crippen MR) is 87.4 cm³/mol. The van der Waals surface area contributed by atoms with E-state index in [9.17, 15) is 4.79 Å². The minimum atomic E-state index is -0.0328. The molecule has 0 aliphatic rings. The van der Waals surface area contributed by atoms with Gasteiger partial charge in [0, 0.05) is 0 Å². The lowest BCUT2D eigenvalue weighted by atomic mass is 10.1. The maximum atomic E-state index is 12.3. The maximum absolute atomic E-state index is 12.3. The highest BCUT2D eigenvalue weighted by Crippen LogP contribution is 2.16. The third-order valence-electron chi connectivity index (χ3n) is 3.53. The van der Waals surface area contributed by atoms with E-state index in [1.165, 1.54) is 11.1 Å². The minimum absolute atomic E-state index is 0.0328. The van der Waals surface area contributed by atoms with Crippen LogP contribution >= 0.6 is 0 Å². The van der Waals surface area contributed by atoms with Crippen LogP contribution in [0.4, 0.5) is 0 Å². The number of ether oxygens (including phenoxy) is 1. The van der Waals surface area contributed by atoms with Gasteiger partial charge < -0.3 is 4.74 Å². The monoisotopic (exact) mass is 294 g/mol. The molecule has 1 aromatic heterocycles. The smallest absolute Gasteiger partial charge is 0.261 e. The van der Waals surface area contributed by atoms with Gasteiger partial charge in [-0.05, 0) is 49.2 Å². The Morgan fingerprint density at radius 1 is 1.09 bits per heavy atom. The Morgan fingerprint density at radius 2 is 1.82 bits per heavy atom. The molecule has 0 atom stereocenters. The summed E-state index contributed by atoms with van der Waals surface area (Å²) in [5.74, 6) is 0.833. The first-order valence-corrected chi connectivity index (χ1v) is 7.29. The fraction of sp³-hybridized carbons (Fsp3) is 0.222. The molecule has 2 aromatic carbocycles. The van der Waals surface area contributed by atoms with Crippen LogP contribution in [0.5, 0.6) is 5.75 Å². The standard InChI is InChI=1S/C18H18N2O2/c1-13-9-14(2)11-15(10-13)22-8-7-20-12-19-17-6-4-3-5-16(17)18(20)21/h3-6,9-12H,7-8H2,1-2H3. The number of para-hydroxylation sites is 1. The lowest BCUT2D eigenvalue weighted by Gasteiger charge is -2.10. The Morgan fingerprint density at radius 3 is 2.59 bits per heavy atom. The first-order valence-electron chi connectivity index (χ1n) is 7.29. The highest BCUT2D eigenvalue weighted by Gasteiger charge is 2.03. The molecule has 4 nitrogen and oxygen atoms in total. The van der Waals surface area contributed by atoms with Crippen LogP contribution in [0.2, 0.25) is 0 Å². The molecule has 0 spiro atoms. The molecule has 0 saturated carbocycles. The van der Waals surface area contributed by atoms with Crippen LogP contribution in [0.25, 0.3) is 10.9 Å². The third-order valence-corrected chi connectivity index (χ3v) is 3.53. The van der Waals surface area contributed by atoms with Crippen LogP contribution in [0, 0.1) is 13.8 Å². The maximum Gasteiger partial charge on any atom is 0.261 e. The van der Waals surface area contributed by atoms with Gasteiger partial charge in [0.25, 0.3) is 5.56 Å². The van der Waals surface area contributed by atoms with E-state index in [4.69, 9.17) is 4.74 Å². The number of hydrogen-bond acceptors (Lipinski definition) is 3. The van der Waals surface area contributed by atoms with E-state index in [0.29, 0.717) is 18.5 Å². The molecule has 0 saturated heterocycles. The molecular formula is C18H18N2O2. The molecule has 0 unspecified atom stereocenters. The summed E-state index contributed by atoms with van der Waals surface area (Å²) in [6.07, 6.45) is 1.58. The number of benzene rings is 2. The van der Waals surface area contributed by atoms with Gasteiger partial charge in [0.15, 0.2) is 0 Å². The molecule has 0 amide bonds. The van der Waals surface area contributed by atoms with Crippen LogP contribution in [-0.2, 0) is 6.54 Å². The van der Waals surface area contributed by atoms with Crippen molar-refractivity contribution in [3.05, 3.63) is 70.3 Å². The first-order chi connectivity index (χ1) is 10.6. The van der Waals surface area contributed by atoms with E-state index in [2.05, 4.69) is 11.1 Å². The Balaban J connectivity index is 1.74. The molecule has 0 fully saturated rings. The Hall–Kier alpha value is -2.62. The summed E-state index contributed by atoms with van der Waals surface area (Å²) in [6.45, 7) is 4.99. The molecular weight excluding hydrogens is 276 g/mol. The van der Waals surface area contributed by atoms with Crippen molar-refractivity contribution in [2.75, 3.05) is 6.61 Å². The lowest BCUT2D eigenvalue weighted by molar-refractivity contribution is 0.295. The minimum Gasteiger partial charge on any atom is -0.492 e. The van der Waals surface area contributed by atoms with Gasteiger partial charge in [0.1, 0.15) is 12.4 Å². The average molecular weight is 294 g/mol. The average Bonchev–Trinajstić information content (AvgIpc) is 2.49. The van der Waals surface area contributed by atoms with E-state index in [1.807, 2.05) is 44.2 Å². The second-order valence-corrected chi connectivity index (χ2v) is 5.43. The van der Waals surface area contributed by atoms with E-state index in [1.54, 1.807) is 17.0 Å². The first kappa shape index (κ1) is 14.3. The van der Waals surface area contributed by atoms with Crippen LogP contribution < -0.4 is 10.3 Å². The van der Waals surface area contributed by atoms with Crippen LogP contribution in [0.1, 0.15) is 11.1 Å². The number of aromatic nitrogens is 2. The number of hydrogen-bond donors (Lipinski definition) is 0. The second kappa shape index (κ2) is 6.02. The number of nitrogens with zero attached hydrogens (tertiary/aromatic N) is 2. The van der Waals surface area contributed by atoms with Gasteiger partial charge in [-0.1, -0.05) is 18.2 Å². The van der Waals surface area contributed by atoms with Gasteiger partial charge in [-0.25, -0.2) is 4.98 Å². The van der Waals surface area contributed by atoms with Crippen molar-refractivity contribution in [2.45, 2.75) is 20.4 Å². The summed E-state index contributed by atoms with van der Waals surface area (Å²) >= 11 is 0. The fourth-order valence-electron chi connectivity index (χ4n) is 2.54. The van der Waals surface area contributed by atoms with Crippen molar-refractivity contribution in [1.29, 1.82) is 0 Å². The molecule has 22 heavy (non-hydrogen) atoms. The van der Waals surface area contributed by atoms with Gasteiger partial charge in [-0.3, -0.25) is 9.36 Å². The van der Waals surface area contributed by atoms with Crippen molar-refractivity contribution >= 4 is 10.9 Å². The molecule has 0 bridgehead atoms. The summed E-state index contributed by atoms with van der Waals surface area (Å²) in [4.78, 5) is 16.6. The Labute approximate surface area is 129 Å². The summed E-state index contributed by atoms with van der Waals surface area (Å²) in [5.41, 5.74) is 3.02. The number of fused-ring (bicyclic) bond motifs is 1. The summed E-state index contributed by atoms with van der Waals surface area (Å²) < 4.78 is 7.34. The van der Waals surface area contributed by atoms with E-state index >= 15 is 0 Å². The Kier molecular flexibility index (Phi) is 3.92. The van der Waals surface area contributed by atoms with Gasteiger partial charge in [0.2, 0.25) is 0 Å². The highest BCUT2D eigenvalue weighted by atomic mass is 16.5. The fourth-order valence-corrected chi connectivity index (χ4v) is 2.54. The molecule has 0 aliphatic heterocycles. The molecule has 1 heterocycles. The van der Waals surface area contributed by atoms with Crippen molar-refractivity contribution < 1.29 is 4.74 Å². The molecule has 0 aliphatic carbocycles. The summed E-state index contributed by atoms with van der Waals surface area (Å²) in [7, 11) is 0. The van der Waals surface area contributed by atoms with Crippen molar-refractivity contribution in [2.24, 2.45) is 0 Å². The summed E-state index contributed by atoms with van der Waals surface area (Å²) in [5, 5.41) is 0.636. The normalized spacial score (nSPS) is 10.8. The van der Waals surface area contributed by atoms with Gasteiger partial charge >= 0.3 is 0 Å². The molecule has 3 aromatic rings. The van der Waals surface area contributed by atoms with E-state index < -0.39 is 0 Å². The quantitative estimate of drug-likeness (QED) is 0.742. The van der Waals surface area contributed by atoms with Gasteiger partial charge in [0.05, 0.1) is 23.8 Å². The molecule has 0 N–H and O–H groups in total. The Bertz CT molecular complexity index is 848. The van der Waals surface area contributed by atoms with Crippen molar-refractivity contribution in [3.8, 4) is 5.75 Å². The topological polar surface area (TPSA) is 44.1 Å². The second-order valence-electron chi connectivity index (χ2n) is 5.43. The third kappa shape index (κ3) is 3.01. The van der Waals surface area contributed by atoms with Gasteiger partial charge in [-0.15, -0.1) is 0 Å². The van der Waals surface area contributed by atoms with Gasteiger partial charge in [-0.2, -0.15) is 0 Å². The molecule has 3 rings (SSSR count). The molecule has 0 radical (unpaired) electrons. The van der Waals surface area contributed by atoms with E-state index in [-0.39, 0.29) is 5.56 Å². The zero-order valence-corrected chi connectivity index (χ0v) is 12.7.